The minimum atomic E-state index is -2.80. The third kappa shape index (κ3) is 1.27. The summed E-state index contributed by atoms with van der Waals surface area (Å²) in [5.74, 6) is -3.55. The number of aryl methyl sites for hydroxylation is 2. The van der Waals surface area contributed by atoms with E-state index < -0.39 is 11.8 Å². The van der Waals surface area contributed by atoms with Gasteiger partial charge in [0.25, 0.3) is 0 Å². The fourth-order valence-electron chi connectivity index (χ4n) is 2.43. The van der Waals surface area contributed by atoms with Crippen molar-refractivity contribution in [2.45, 2.75) is 33.2 Å². The quantitative estimate of drug-likeness (QED) is 0.685. The van der Waals surface area contributed by atoms with Crippen molar-refractivity contribution in [3.05, 3.63) is 29.1 Å². The molecule has 0 bridgehead atoms. The molecule has 1 aliphatic rings. The highest BCUT2D eigenvalue weighted by Gasteiger charge is 2.48. The van der Waals surface area contributed by atoms with Gasteiger partial charge in [-0.05, 0) is 37.1 Å². The van der Waals surface area contributed by atoms with Crippen LogP contribution in [0.25, 0.3) is 11.0 Å². The second-order valence-corrected chi connectivity index (χ2v) is 5.00. The maximum Gasteiger partial charge on any atom is 0.309 e. The second kappa shape index (κ2) is 3.06. The maximum atomic E-state index is 13.9. The third-order valence-electron chi connectivity index (χ3n) is 3.74. The van der Waals surface area contributed by atoms with Crippen molar-refractivity contribution >= 4 is 11.0 Å². The number of halogens is 2. The van der Waals surface area contributed by atoms with Gasteiger partial charge in [-0.3, -0.25) is 0 Å². The molecule has 1 unspecified atom stereocenters. The molecule has 17 heavy (non-hydrogen) atoms. The number of nitrogens with zero attached hydrogens (tertiary/aromatic N) is 2. The Morgan fingerprint density at radius 3 is 2.65 bits per heavy atom. The standard InChI is InChI=1S/C13H14F2N2/c1-7-4-10-11(5-8(7)2)17-6-9(3)13(14,15)12(17)16-10/h4-5,9H,6H2,1-3H3. The Hall–Kier alpha value is -1.45. The largest absolute Gasteiger partial charge is 0.322 e. The molecular formula is C13H14F2N2. The fourth-order valence-corrected chi connectivity index (χ4v) is 2.43. The van der Waals surface area contributed by atoms with Gasteiger partial charge >= 0.3 is 5.92 Å². The molecule has 0 N–H and O–H groups in total. The fraction of sp³-hybridized carbons (Fsp3) is 0.462. The lowest BCUT2D eigenvalue weighted by Gasteiger charge is -2.11. The van der Waals surface area contributed by atoms with E-state index in [1.54, 1.807) is 11.5 Å². The van der Waals surface area contributed by atoms with Crippen molar-refractivity contribution in [3.8, 4) is 0 Å². The third-order valence-corrected chi connectivity index (χ3v) is 3.74. The first-order valence-corrected chi connectivity index (χ1v) is 5.77. The number of rotatable bonds is 0. The number of hydrogen-bond donors (Lipinski definition) is 0. The number of imidazole rings is 1. The van der Waals surface area contributed by atoms with Crippen molar-refractivity contribution in [3.63, 3.8) is 0 Å². The Morgan fingerprint density at radius 1 is 1.29 bits per heavy atom. The summed E-state index contributed by atoms with van der Waals surface area (Å²) in [4.78, 5) is 4.11. The average Bonchev–Trinajstić information content (AvgIpc) is 2.68. The summed E-state index contributed by atoms with van der Waals surface area (Å²) in [5, 5.41) is 0. The van der Waals surface area contributed by atoms with E-state index >= 15 is 0 Å². The molecule has 1 aromatic heterocycles. The maximum absolute atomic E-state index is 13.9. The summed E-state index contributed by atoms with van der Waals surface area (Å²) in [6.07, 6.45) is 0. The summed E-state index contributed by atoms with van der Waals surface area (Å²) in [6.45, 7) is 5.88. The van der Waals surface area contributed by atoms with Crippen molar-refractivity contribution in [1.29, 1.82) is 0 Å². The van der Waals surface area contributed by atoms with Crippen molar-refractivity contribution in [2.24, 2.45) is 5.92 Å². The first kappa shape index (κ1) is 10.7. The molecule has 4 heteroatoms. The number of alkyl halides is 2. The summed E-state index contributed by atoms with van der Waals surface area (Å²) in [7, 11) is 0. The molecule has 90 valence electrons. The minimum Gasteiger partial charge on any atom is -0.322 e. The molecular weight excluding hydrogens is 222 g/mol. The van der Waals surface area contributed by atoms with Crippen LogP contribution in [0.15, 0.2) is 12.1 Å². The predicted molar refractivity (Wildman–Crippen MR) is 62.3 cm³/mol. The Labute approximate surface area is 98.3 Å². The minimum absolute atomic E-state index is 0.0787. The van der Waals surface area contributed by atoms with Crippen LogP contribution in [0.2, 0.25) is 0 Å². The monoisotopic (exact) mass is 236 g/mol. The van der Waals surface area contributed by atoms with Gasteiger partial charge in [-0.25, -0.2) is 4.98 Å². The van der Waals surface area contributed by atoms with E-state index in [2.05, 4.69) is 4.98 Å². The Kier molecular flexibility index (Phi) is 1.92. The highest BCUT2D eigenvalue weighted by molar-refractivity contribution is 5.78. The molecule has 3 rings (SSSR count). The zero-order chi connectivity index (χ0) is 12.4. The lowest BCUT2D eigenvalue weighted by molar-refractivity contribution is -0.0484. The second-order valence-electron chi connectivity index (χ2n) is 5.00. The Balaban J connectivity index is 2.33. The molecule has 1 aromatic carbocycles. The molecule has 0 radical (unpaired) electrons. The van der Waals surface area contributed by atoms with E-state index in [-0.39, 0.29) is 5.82 Å². The number of aromatic nitrogens is 2. The highest BCUT2D eigenvalue weighted by Crippen LogP contribution is 2.43. The van der Waals surface area contributed by atoms with Gasteiger partial charge in [-0.15, -0.1) is 0 Å². The van der Waals surface area contributed by atoms with E-state index in [4.69, 9.17) is 0 Å². The number of hydrogen-bond acceptors (Lipinski definition) is 1. The van der Waals surface area contributed by atoms with Gasteiger partial charge in [0.2, 0.25) is 0 Å². The topological polar surface area (TPSA) is 17.8 Å². The van der Waals surface area contributed by atoms with Gasteiger partial charge in [0, 0.05) is 12.5 Å². The molecule has 1 aliphatic heterocycles. The van der Waals surface area contributed by atoms with E-state index in [0.29, 0.717) is 12.1 Å². The van der Waals surface area contributed by atoms with Crippen LogP contribution in [-0.4, -0.2) is 9.55 Å². The van der Waals surface area contributed by atoms with Crippen LogP contribution >= 0.6 is 0 Å². The molecule has 0 fully saturated rings. The normalized spacial score (nSPS) is 22.1. The SMILES string of the molecule is Cc1cc2nc3n(c2cc1C)CC(C)C3(F)F. The van der Waals surface area contributed by atoms with Crippen LogP contribution in [0.3, 0.4) is 0 Å². The van der Waals surface area contributed by atoms with Gasteiger partial charge in [-0.2, -0.15) is 8.78 Å². The van der Waals surface area contributed by atoms with Crippen LogP contribution in [-0.2, 0) is 12.5 Å². The van der Waals surface area contributed by atoms with Gasteiger partial charge < -0.3 is 4.57 Å². The van der Waals surface area contributed by atoms with Crippen LogP contribution in [0.5, 0.6) is 0 Å². The van der Waals surface area contributed by atoms with Crippen molar-refractivity contribution in [2.75, 3.05) is 0 Å². The van der Waals surface area contributed by atoms with E-state index in [9.17, 15) is 8.78 Å². The summed E-state index contributed by atoms with van der Waals surface area (Å²) >= 11 is 0. The highest BCUT2D eigenvalue weighted by atomic mass is 19.3. The first-order valence-electron chi connectivity index (χ1n) is 5.77. The zero-order valence-electron chi connectivity index (χ0n) is 10.1. The van der Waals surface area contributed by atoms with Gasteiger partial charge in [-0.1, -0.05) is 6.92 Å². The lowest BCUT2D eigenvalue weighted by atomic mass is 10.1. The summed E-state index contributed by atoms with van der Waals surface area (Å²) < 4.78 is 29.4. The van der Waals surface area contributed by atoms with Crippen LogP contribution < -0.4 is 0 Å². The number of fused-ring (bicyclic) bond motifs is 3. The van der Waals surface area contributed by atoms with Gasteiger partial charge in [0.05, 0.1) is 11.0 Å². The Morgan fingerprint density at radius 2 is 1.94 bits per heavy atom. The summed E-state index contributed by atoms with van der Waals surface area (Å²) in [6, 6.07) is 3.84. The van der Waals surface area contributed by atoms with E-state index in [0.717, 1.165) is 16.6 Å². The predicted octanol–water partition coefficient (Wildman–Crippen LogP) is 3.39. The van der Waals surface area contributed by atoms with E-state index in [1.165, 1.54) is 0 Å². The van der Waals surface area contributed by atoms with Crippen molar-refractivity contribution in [1.82, 2.24) is 9.55 Å². The smallest absolute Gasteiger partial charge is 0.309 e. The van der Waals surface area contributed by atoms with E-state index in [1.807, 2.05) is 26.0 Å². The zero-order valence-corrected chi connectivity index (χ0v) is 10.1. The number of benzene rings is 1. The van der Waals surface area contributed by atoms with Gasteiger partial charge in [0.15, 0.2) is 5.82 Å². The first-order chi connectivity index (χ1) is 7.91. The summed E-state index contributed by atoms with van der Waals surface area (Å²) in [5.41, 5.74) is 3.70. The molecule has 1 atom stereocenters. The lowest BCUT2D eigenvalue weighted by Crippen LogP contribution is -2.18. The molecule has 2 heterocycles. The van der Waals surface area contributed by atoms with Crippen LogP contribution in [0.1, 0.15) is 23.9 Å². The molecule has 0 spiro atoms. The molecule has 2 nitrogen and oxygen atoms in total. The average molecular weight is 236 g/mol. The molecule has 0 saturated carbocycles. The molecule has 0 aliphatic carbocycles. The van der Waals surface area contributed by atoms with Crippen molar-refractivity contribution < 1.29 is 8.78 Å². The molecule has 0 amide bonds. The van der Waals surface area contributed by atoms with Gasteiger partial charge in [0.1, 0.15) is 0 Å². The molecule has 2 aromatic rings. The molecule has 0 saturated heterocycles. The van der Waals surface area contributed by atoms with Crippen LogP contribution in [0.4, 0.5) is 8.78 Å². The van der Waals surface area contributed by atoms with Crippen LogP contribution in [0, 0.1) is 19.8 Å². The Bertz CT molecular complexity index is 613.